The molecule has 3 aromatic rings. The first-order chi connectivity index (χ1) is 11.9. The lowest BCUT2D eigenvalue weighted by atomic mass is 9.95. The van der Waals surface area contributed by atoms with Crippen molar-refractivity contribution in [2.24, 2.45) is 0 Å². The summed E-state index contributed by atoms with van der Waals surface area (Å²) in [6, 6.07) is 11.9. The van der Waals surface area contributed by atoms with Crippen LogP contribution in [0.4, 0.5) is 0 Å². The highest BCUT2D eigenvalue weighted by Gasteiger charge is 2.35. The number of furan rings is 1. The molecule has 3 rings (SSSR count). The number of hydrogen-bond donors (Lipinski definition) is 2. The zero-order valence-corrected chi connectivity index (χ0v) is 15.4. The standard InChI is InChI=1S/C17H16ClNO4S2/c18-15-5-2-1-4-13(15)11-25(21,22)19-12-17(20,14-7-8-23-10-14)16-6-3-9-24-16/h1-10,19-20H,11-12H2. The summed E-state index contributed by atoms with van der Waals surface area (Å²) in [6.45, 7) is -0.208. The van der Waals surface area contributed by atoms with Crippen molar-refractivity contribution in [2.75, 3.05) is 6.54 Å². The van der Waals surface area contributed by atoms with Crippen molar-refractivity contribution in [2.45, 2.75) is 11.4 Å². The van der Waals surface area contributed by atoms with E-state index in [4.69, 9.17) is 16.0 Å². The van der Waals surface area contributed by atoms with E-state index in [1.165, 1.54) is 23.9 Å². The van der Waals surface area contributed by atoms with Crippen molar-refractivity contribution in [3.63, 3.8) is 0 Å². The van der Waals surface area contributed by atoms with Crippen LogP contribution in [0.3, 0.4) is 0 Å². The molecular formula is C17H16ClNO4S2. The molecule has 0 radical (unpaired) electrons. The topological polar surface area (TPSA) is 79.5 Å². The number of hydrogen-bond acceptors (Lipinski definition) is 5. The molecule has 0 amide bonds. The van der Waals surface area contributed by atoms with Gasteiger partial charge in [0, 0.05) is 22.0 Å². The molecule has 0 aliphatic carbocycles. The van der Waals surface area contributed by atoms with E-state index in [2.05, 4.69) is 4.72 Å². The summed E-state index contributed by atoms with van der Waals surface area (Å²) in [5, 5.41) is 13.3. The highest BCUT2D eigenvalue weighted by molar-refractivity contribution is 7.88. The van der Waals surface area contributed by atoms with Crippen molar-refractivity contribution >= 4 is 33.0 Å². The van der Waals surface area contributed by atoms with Crippen LogP contribution in [0.1, 0.15) is 16.0 Å². The maximum Gasteiger partial charge on any atom is 0.215 e. The largest absolute Gasteiger partial charge is 0.472 e. The molecule has 1 unspecified atom stereocenters. The van der Waals surface area contributed by atoms with E-state index in [1.807, 2.05) is 5.38 Å². The monoisotopic (exact) mass is 397 g/mol. The Balaban J connectivity index is 1.81. The fourth-order valence-electron chi connectivity index (χ4n) is 2.43. The molecule has 8 heteroatoms. The van der Waals surface area contributed by atoms with E-state index in [0.717, 1.165) is 0 Å². The van der Waals surface area contributed by atoms with Crippen molar-refractivity contribution < 1.29 is 17.9 Å². The van der Waals surface area contributed by atoms with Gasteiger partial charge >= 0.3 is 0 Å². The average Bonchev–Trinajstić information content (AvgIpc) is 3.28. The highest BCUT2D eigenvalue weighted by atomic mass is 35.5. The van der Waals surface area contributed by atoms with Crippen LogP contribution in [0.2, 0.25) is 5.02 Å². The molecule has 1 atom stereocenters. The molecule has 0 aliphatic rings. The Kier molecular flexibility index (Phi) is 5.31. The molecule has 5 nitrogen and oxygen atoms in total. The second-order valence-electron chi connectivity index (χ2n) is 5.52. The number of halogens is 1. The number of thiophene rings is 1. The molecule has 0 bridgehead atoms. The van der Waals surface area contributed by atoms with E-state index >= 15 is 0 Å². The fraction of sp³-hybridized carbons (Fsp3) is 0.176. The molecule has 1 aromatic carbocycles. The van der Waals surface area contributed by atoms with Crippen LogP contribution >= 0.6 is 22.9 Å². The molecule has 0 fully saturated rings. The smallest absolute Gasteiger partial charge is 0.215 e. The van der Waals surface area contributed by atoms with Crippen molar-refractivity contribution in [3.8, 4) is 0 Å². The summed E-state index contributed by atoms with van der Waals surface area (Å²) in [5.41, 5.74) is -0.524. The number of aliphatic hydroxyl groups is 1. The van der Waals surface area contributed by atoms with Gasteiger partial charge in [0.1, 0.15) is 5.60 Å². The van der Waals surface area contributed by atoms with E-state index in [-0.39, 0.29) is 12.3 Å². The van der Waals surface area contributed by atoms with Crippen molar-refractivity contribution in [3.05, 3.63) is 81.4 Å². The van der Waals surface area contributed by atoms with Crippen LogP contribution in [0.15, 0.2) is 64.8 Å². The van der Waals surface area contributed by atoms with Gasteiger partial charge in [0.25, 0.3) is 0 Å². The minimum atomic E-state index is -3.69. The van der Waals surface area contributed by atoms with Crippen LogP contribution in [-0.2, 0) is 21.4 Å². The summed E-state index contributed by atoms with van der Waals surface area (Å²) in [7, 11) is -3.69. The molecular weight excluding hydrogens is 382 g/mol. The molecule has 0 saturated heterocycles. The van der Waals surface area contributed by atoms with Gasteiger partial charge < -0.3 is 9.52 Å². The Morgan fingerprint density at radius 1 is 1.20 bits per heavy atom. The van der Waals surface area contributed by atoms with Gasteiger partial charge in [-0.1, -0.05) is 35.9 Å². The quantitative estimate of drug-likeness (QED) is 0.640. The second-order valence-corrected chi connectivity index (χ2v) is 8.68. The molecule has 0 spiro atoms. The van der Waals surface area contributed by atoms with Gasteiger partial charge in [-0.25, -0.2) is 13.1 Å². The zero-order chi connectivity index (χ0) is 17.9. The maximum atomic E-state index is 12.4. The van der Waals surface area contributed by atoms with Crippen molar-refractivity contribution in [1.82, 2.24) is 4.72 Å². The Bertz CT molecular complexity index is 887. The molecule has 0 aliphatic heterocycles. The predicted molar refractivity (Wildman–Crippen MR) is 98.1 cm³/mol. The molecule has 132 valence electrons. The zero-order valence-electron chi connectivity index (χ0n) is 13.1. The molecule has 0 saturated carbocycles. The van der Waals surface area contributed by atoms with Crippen LogP contribution in [0.5, 0.6) is 0 Å². The van der Waals surface area contributed by atoms with Gasteiger partial charge in [0.2, 0.25) is 10.0 Å². The molecule has 2 N–H and O–H groups in total. The lowest BCUT2D eigenvalue weighted by molar-refractivity contribution is 0.0891. The fourth-order valence-corrected chi connectivity index (χ4v) is 4.75. The van der Waals surface area contributed by atoms with E-state index < -0.39 is 15.6 Å². The van der Waals surface area contributed by atoms with E-state index in [1.54, 1.807) is 42.5 Å². The van der Waals surface area contributed by atoms with Gasteiger partial charge in [-0.3, -0.25) is 0 Å². The van der Waals surface area contributed by atoms with Crippen LogP contribution < -0.4 is 4.72 Å². The first-order valence-electron chi connectivity index (χ1n) is 7.40. The summed E-state index contributed by atoms with van der Waals surface area (Å²) in [4.78, 5) is 0.620. The second kappa shape index (κ2) is 7.31. The van der Waals surface area contributed by atoms with E-state index in [0.29, 0.717) is 21.0 Å². The highest BCUT2D eigenvalue weighted by Crippen LogP contribution is 2.33. The lowest BCUT2D eigenvalue weighted by Crippen LogP contribution is -2.41. The van der Waals surface area contributed by atoms with Gasteiger partial charge in [0.15, 0.2) is 0 Å². The minimum absolute atomic E-state index is 0.208. The molecule has 25 heavy (non-hydrogen) atoms. The SMILES string of the molecule is O=S(=O)(Cc1ccccc1Cl)NCC(O)(c1ccoc1)c1cccs1. The lowest BCUT2D eigenvalue weighted by Gasteiger charge is -2.26. The molecule has 2 aromatic heterocycles. The van der Waals surface area contributed by atoms with Crippen molar-refractivity contribution in [1.29, 1.82) is 0 Å². The van der Waals surface area contributed by atoms with Crippen LogP contribution in [0, 0.1) is 0 Å². The van der Waals surface area contributed by atoms with Gasteiger partial charge in [-0.05, 0) is 29.1 Å². The summed E-state index contributed by atoms with van der Waals surface area (Å²) in [6.07, 6.45) is 2.84. The number of nitrogens with one attached hydrogen (secondary N) is 1. The van der Waals surface area contributed by atoms with Crippen LogP contribution in [-0.4, -0.2) is 20.1 Å². The predicted octanol–water partition coefficient (Wildman–Crippen LogP) is 3.35. The summed E-state index contributed by atoms with van der Waals surface area (Å²) >= 11 is 7.37. The Morgan fingerprint density at radius 3 is 2.64 bits per heavy atom. The molecule has 2 heterocycles. The normalized spacial score (nSPS) is 14.3. The third-order valence-electron chi connectivity index (χ3n) is 3.78. The number of sulfonamides is 1. The summed E-state index contributed by atoms with van der Waals surface area (Å²) in [5.74, 6) is -0.265. The maximum absolute atomic E-state index is 12.4. The summed E-state index contributed by atoms with van der Waals surface area (Å²) < 4.78 is 32.4. The average molecular weight is 398 g/mol. The third-order valence-corrected chi connectivity index (χ3v) is 6.44. The van der Waals surface area contributed by atoms with Gasteiger partial charge in [-0.2, -0.15) is 0 Å². The Labute approximate surface area is 154 Å². The first-order valence-corrected chi connectivity index (χ1v) is 10.3. The van der Waals surface area contributed by atoms with Gasteiger partial charge in [-0.15, -0.1) is 11.3 Å². The van der Waals surface area contributed by atoms with Gasteiger partial charge in [0.05, 0.1) is 18.3 Å². The third kappa shape index (κ3) is 4.13. The Hall–Kier alpha value is -1.64. The Morgan fingerprint density at radius 2 is 2.00 bits per heavy atom. The van der Waals surface area contributed by atoms with E-state index in [9.17, 15) is 13.5 Å². The first kappa shape index (κ1) is 18.2. The minimum Gasteiger partial charge on any atom is -0.472 e. The van der Waals surface area contributed by atoms with Crippen LogP contribution in [0.25, 0.3) is 0 Å². The number of benzene rings is 1. The number of rotatable bonds is 7.